The van der Waals surface area contributed by atoms with Crippen LogP contribution in [0.3, 0.4) is 0 Å². The molecule has 5 nitrogen and oxygen atoms in total. The Morgan fingerprint density at radius 1 is 1.11 bits per heavy atom. The van der Waals surface area contributed by atoms with Gasteiger partial charge in [0.1, 0.15) is 0 Å². The Balaban J connectivity index is 1.69. The zero-order chi connectivity index (χ0) is 19.3. The first-order valence-corrected chi connectivity index (χ1v) is 10.4. The van der Waals surface area contributed by atoms with E-state index >= 15 is 0 Å². The highest BCUT2D eigenvalue weighted by molar-refractivity contribution is 8.01. The molecule has 0 radical (unpaired) electrons. The molecule has 1 N–H and O–H groups in total. The van der Waals surface area contributed by atoms with Crippen molar-refractivity contribution in [3.63, 3.8) is 0 Å². The monoisotopic (exact) mass is 404 g/mol. The summed E-state index contributed by atoms with van der Waals surface area (Å²) in [6.07, 6.45) is 1.80. The molecular formula is C21H16N4OS2. The maximum absolute atomic E-state index is 13.0. The summed E-state index contributed by atoms with van der Waals surface area (Å²) in [7, 11) is 0. The number of hydrogen-bond donors (Lipinski definition) is 1. The summed E-state index contributed by atoms with van der Waals surface area (Å²) in [5.74, 6) is 0.519. The van der Waals surface area contributed by atoms with Gasteiger partial charge < -0.3 is 0 Å². The van der Waals surface area contributed by atoms with E-state index in [-0.39, 0.29) is 5.91 Å². The summed E-state index contributed by atoms with van der Waals surface area (Å²) in [6.45, 7) is 3.69. The van der Waals surface area contributed by atoms with Crippen LogP contribution in [0.4, 0.5) is 5.13 Å². The molecule has 0 fully saturated rings. The predicted octanol–water partition coefficient (Wildman–Crippen LogP) is 5.28. The second-order valence-corrected chi connectivity index (χ2v) is 8.11. The highest BCUT2D eigenvalue weighted by Crippen LogP contribution is 2.28. The van der Waals surface area contributed by atoms with Crippen LogP contribution < -0.4 is 5.32 Å². The zero-order valence-corrected chi connectivity index (χ0v) is 16.5. The molecule has 2 heterocycles. The van der Waals surface area contributed by atoms with Crippen LogP contribution in [-0.2, 0) is 0 Å². The van der Waals surface area contributed by atoms with Crippen LogP contribution in [0.1, 0.15) is 10.4 Å². The molecule has 28 heavy (non-hydrogen) atoms. The molecule has 0 saturated heterocycles. The van der Waals surface area contributed by atoms with Gasteiger partial charge in [-0.15, -0.1) is 16.8 Å². The highest BCUT2D eigenvalue weighted by atomic mass is 32.2. The third-order valence-electron chi connectivity index (χ3n) is 3.98. The molecule has 0 aliphatic carbocycles. The number of aromatic nitrogens is 3. The maximum Gasteiger partial charge on any atom is 0.258 e. The Morgan fingerprint density at radius 3 is 2.71 bits per heavy atom. The van der Waals surface area contributed by atoms with Gasteiger partial charge in [-0.05, 0) is 12.1 Å². The molecule has 4 aromatic rings. The van der Waals surface area contributed by atoms with Gasteiger partial charge in [0.05, 0.1) is 16.8 Å². The molecule has 4 rings (SSSR count). The summed E-state index contributed by atoms with van der Waals surface area (Å²) in [5.41, 5.74) is 3.04. The first-order valence-electron chi connectivity index (χ1n) is 8.58. The topological polar surface area (TPSA) is 67.8 Å². The van der Waals surface area contributed by atoms with Crippen LogP contribution in [0.5, 0.6) is 0 Å². The molecule has 0 aliphatic rings. The van der Waals surface area contributed by atoms with Gasteiger partial charge in [0.25, 0.3) is 5.91 Å². The second-order valence-electron chi connectivity index (χ2n) is 5.87. The summed E-state index contributed by atoms with van der Waals surface area (Å²) in [4.78, 5) is 17.7. The van der Waals surface area contributed by atoms with Gasteiger partial charge >= 0.3 is 0 Å². The third-order valence-corrected chi connectivity index (χ3v) is 5.95. The molecular weight excluding hydrogens is 388 g/mol. The average Bonchev–Trinajstić information content (AvgIpc) is 3.19. The molecule has 2 aromatic heterocycles. The van der Waals surface area contributed by atoms with E-state index in [2.05, 4.69) is 22.1 Å². The van der Waals surface area contributed by atoms with Gasteiger partial charge in [-0.3, -0.25) is 10.1 Å². The van der Waals surface area contributed by atoms with E-state index in [1.54, 1.807) is 6.08 Å². The number of nitrogens with zero attached hydrogens (tertiary/aromatic N) is 3. The number of thioether (sulfide) groups is 1. The fourth-order valence-corrected chi connectivity index (χ4v) is 4.24. The van der Waals surface area contributed by atoms with Crippen LogP contribution in [-0.4, -0.2) is 26.8 Å². The van der Waals surface area contributed by atoms with Crippen LogP contribution in [0.2, 0.25) is 0 Å². The molecule has 0 spiro atoms. The number of para-hydroxylation sites is 1. The van der Waals surface area contributed by atoms with Gasteiger partial charge in [0, 0.05) is 16.7 Å². The smallest absolute Gasteiger partial charge is 0.258 e. The molecule has 0 atom stereocenters. The van der Waals surface area contributed by atoms with Gasteiger partial charge in [0.2, 0.25) is 5.13 Å². The lowest BCUT2D eigenvalue weighted by molar-refractivity contribution is 0.102. The largest absolute Gasteiger partial charge is 0.296 e. The number of amides is 1. The van der Waals surface area contributed by atoms with Crippen molar-refractivity contribution >= 4 is 45.0 Å². The lowest BCUT2D eigenvalue weighted by atomic mass is 10.0. The van der Waals surface area contributed by atoms with Gasteiger partial charge in [-0.2, -0.15) is 0 Å². The van der Waals surface area contributed by atoms with Gasteiger partial charge in [0.15, 0.2) is 4.34 Å². The van der Waals surface area contributed by atoms with Crippen molar-refractivity contribution in [1.29, 1.82) is 0 Å². The zero-order valence-electron chi connectivity index (χ0n) is 14.8. The van der Waals surface area contributed by atoms with Crippen LogP contribution in [0.25, 0.3) is 22.2 Å². The molecule has 0 aliphatic heterocycles. The fourth-order valence-electron chi connectivity index (χ4n) is 2.73. The Labute approximate surface area is 170 Å². The SMILES string of the molecule is C=CCSc1nnc(NC(=O)c2cc(-c3ccccc3)nc3ccccc23)s1. The number of anilines is 1. The van der Waals surface area contributed by atoms with E-state index in [1.165, 1.54) is 23.1 Å². The second kappa shape index (κ2) is 8.33. The molecule has 0 saturated carbocycles. The van der Waals surface area contributed by atoms with E-state index < -0.39 is 0 Å². The molecule has 0 unspecified atom stereocenters. The van der Waals surface area contributed by atoms with Crippen LogP contribution in [0.15, 0.2) is 77.7 Å². The summed E-state index contributed by atoms with van der Waals surface area (Å²) >= 11 is 2.88. The van der Waals surface area contributed by atoms with E-state index in [4.69, 9.17) is 4.98 Å². The molecule has 7 heteroatoms. The number of carbonyl (C=O) groups excluding carboxylic acids is 1. The average molecular weight is 405 g/mol. The number of hydrogen-bond acceptors (Lipinski definition) is 6. The fraction of sp³-hybridized carbons (Fsp3) is 0.0476. The lowest BCUT2D eigenvalue weighted by Crippen LogP contribution is -2.13. The van der Waals surface area contributed by atoms with Gasteiger partial charge in [-0.1, -0.05) is 77.7 Å². The first-order chi connectivity index (χ1) is 13.7. The van der Waals surface area contributed by atoms with E-state index in [0.717, 1.165) is 32.3 Å². The van der Waals surface area contributed by atoms with Gasteiger partial charge in [-0.25, -0.2) is 4.98 Å². The number of rotatable bonds is 6. The maximum atomic E-state index is 13.0. The normalized spacial score (nSPS) is 10.7. The van der Waals surface area contributed by atoms with Crippen LogP contribution >= 0.6 is 23.1 Å². The predicted molar refractivity (Wildman–Crippen MR) is 116 cm³/mol. The molecule has 0 bridgehead atoms. The Morgan fingerprint density at radius 2 is 1.89 bits per heavy atom. The van der Waals surface area contributed by atoms with Crippen LogP contribution in [0, 0.1) is 0 Å². The summed E-state index contributed by atoms with van der Waals surface area (Å²) in [5, 5.41) is 12.3. The molecule has 138 valence electrons. The Hall–Kier alpha value is -3.03. The van der Waals surface area contributed by atoms with Crippen molar-refractivity contribution in [2.75, 3.05) is 11.1 Å². The van der Waals surface area contributed by atoms with Crippen molar-refractivity contribution < 1.29 is 4.79 Å². The standard InChI is InChI=1S/C21H16N4OS2/c1-2-12-27-21-25-24-20(28-21)23-19(26)16-13-18(14-8-4-3-5-9-14)22-17-11-7-6-10-15(16)17/h2-11,13H,1,12H2,(H,23,24,26). The Kier molecular flexibility index (Phi) is 5.45. The molecule has 1 amide bonds. The summed E-state index contributed by atoms with van der Waals surface area (Å²) in [6, 6.07) is 19.3. The number of carbonyl (C=O) groups is 1. The minimum absolute atomic E-state index is 0.229. The number of fused-ring (bicyclic) bond motifs is 1. The molecule has 2 aromatic carbocycles. The highest BCUT2D eigenvalue weighted by Gasteiger charge is 2.16. The number of benzene rings is 2. The summed E-state index contributed by atoms with van der Waals surface area (Å²) < 4.78 is 0.791. The minimum Gasteiger partial charge on any atom is -0.296 e. The van der Waals surface area contributed by atoms with Crippen molar-refractivity contribution in [2.45, 2.75) is 4.34 Å². The minimum atomic E-state index is -0.229. The van der Waals surface area contributed by atoms with E-state index in [1.807, 2.05) is 60.7 Å². The first kappa shape index (κ1) is 18.3. The van der Waals surface area contributed by atoms with Crippen molar-refractivity contribution in [3.8, 4) is 11.3 Å². The number of nitrogens with one attached hydrogen (secondary N) is 1. The van der Waals surface area contributed by atoms with Crippen molar-refractivity contribution in [1.82, 2.24) is 15.2 Å². The van der Waals surface area contributed by atoms with E-state index in [0.29, 0.717) is 10.7 Å². The number of pyridine rings is 1. The van der Waals surface area contributed by atoms with Crippen molar-refractivity contribution in [2.24, 2.45) is 0 Å². The lowest BCUT2D eigenvalue weighted by Gasteiger charge is -2.09. The third kappa shape index (κ3) is 3.95. The quantitative estimate of drug-likeness (QED) is 0.269. The van der Waals surface area contributed by atoms with E-state index in [9.17, 15) is 4.79 Å². The van der Waals surface area contributed by atoms with Crippen molar-refractivity contribution in [3.05, 3.63) is 78.9 Å². The Bertz CT molecular complexity index is 1140.